The Morgan fingerprint density at radius 2 is 1.63 bits per heavy atom. The lowest BCUT2D eigenvalue weighted by molar-refractivity contribution is -0.385. The number of terminal acetylenes is 2. The van der Waals surface area contributed by atoms with E-state index in [0.29, 0.717) is 11.4 Å². The zero-order valence-electron chi connectivity index (χ0n) is 16.2. The van der Waals surface area contributed by atoms with Gasteiger partial charge in [-0.25, -0.2) is 9.59 Å². The van der Waals surface area contributed by atoms with Gasteiger partial charge < -0.3 is 19.9 Å². The molecule has 0 amide bonds. The lowest BCUT2D eigenvalue weighted by atomic mass is 9.79. The molecule has 154 valence electrons. The average Bonchev–Trinajstić information content (AvgIpc) is 2.69. The van der Waals surface area contributed by atoms with Gasteiger partial charge in [-0.3, -0.25) is 10.1 Å². The van der Waals surface area contributed by atoms with Crippen LogP contribution in [0, 0.1) is 34.8 Å². The van der Waals surface area contributed by atoms with Crippen LogP contribution in [0.1, 0.15) is 25.3 Å². The van der Waals surface area contributed by atoms with Gasteiger partial charge >= 0.3 is 11.9 Å². The monoisotopic (exact) mass is 410 g/mol. The van der Waals surface area contributed by atoms with Crippen LogP contribution in [0.15, 0.2) is 40.7 Å². The molecule has 0 atom stereocenters. The van der Waals surface area contributed by atoms with E-state index in [1.165, 1.54) is 0 Å². The molecule has 2 rings (SSSR count). The Bertz CT molecular complexity index is 1000. The van der Waals surface area contributed by atoms with E-state index in [1.807, 2.05) is 0 Å². The molecule has 1 aliphatic heterocycles. The van der Waals surface area contributed by atoms with E-state index in [0.717, 1.165) is 18.2 Å². The summed E-state index contributed by atoms with van der Waals surface area (Å²) in [7, 11) is 0. The third-order valence-electron chi connectivity index (χ3n) is 4.29. The zero-order valence-corrected chi connectivity index (χ0v) is 16.2. The van der Waals surface area contributed by atoms with Crippen molar-refractivity contribution in [3.63, 3.8) is 0 Å². The minimum atomic E-state index is -1.27. The molecule has 1 aliphatic rings. The number of hydrogen-bond donors (Lipinski definition) is 2. The van der Waals surface area contributed by atoms with E-state index in [-0.39, 0.29) is 35.7 Å². The second-order valence-corrected chi connectivity index (χ2v) is 6.20. The topological polar surface area (TPSA) is 128 Å². The van der Waals surface area contributed by atoms with E-state index < -0.39 is 28.5 Å². The fraction of sp³-hybridized carbons (Fsp3) is 0.238. The summed E-state index contributed by atoms with van der Waals surface area (Å²) in [6, 6.07) is 3.31. The molecule has 1 heterocycles. The largest absolute Gasteiger partial charge is 0.508 e. The fourth-order valence-corrected chi connectivity index (χ4v) is 3.16. The highest BCUT2D eigenvalue weighted by molar-refractivity contribution is 6.00. The van der Waals surface area contributed by atoms with Gasteiger partial charge in [0.05, 0.1) is 22.0 Å². The van der Waals surface area contributed by atoms with Crippen LogP contribution in [-0.2, 0) is 19.1 Å². The van der Waals surface area contributed by atoms with Gasteiger partial charge in [-0.1, -0.05) is 11.8 Å². The molecule has 0 unspecified atom stereocenters. The number of ether oxygens (including phenoxy) is 2. The number of nitro groups is 1. The number of esters is 2. The summed E-state index contributed by atoms with van der Waals surface area (Å²) in [6.07, 6.45) is 10.3. The van der Waals surface area contributed by atoms with Gasteiger partial charge in [0.25, 0.3) is 5.69 Å². The van der Waals surface area contributed by atoms with Crippen molar-refractivity contribution >= 4 is 17.6 Å². The Kier molecular flexibility index (Phi) is 6.84. The van der Waals surface area contributed by atoms with Crippen molar-refractivity contribution in [2.45, 2.75) is 19.8 Å². The number of hydrogen-bond acceptors (Lipinski definition) is 8. The van der Waals surface area contributed by atoms with Gasteiger partial charge in [-0.2, -0.15) is 0 Å². The van der Waals surface area contributed by atoms with Gasteiger partial charge in [-0.05, 0) is 26.0 Å². The van der Waals surface area contributed by atoms with Crippen molar-refractivity contribution in [2.75, 3.05) is 13.2 Å². The highest BCUT2D eigenvalue weighted by Gasteiger charge is 2.41. The van der Waals surface area contributed by atoms with Crippen LogP contribution >= 0.6 is 0 Å². The molecule has 0 bridgehead atoms. The van der Waals surface area contributed by atoms with E-state index in [9.17, 15) is 24.8 Å². The van der Waals surface area contributed by atoms with Gasteiger partial charge in [0.15, 0.2) is 13.2 Å². The highest BCUT2D eigenvalue weighted by atomic mass is 16.6. The molecular formula is C21H18N2O7. The number of carbonyl (C=O) groups excluding carboxylic acids is 2. The third-order valence-corrected chi connectivity index (χ3v) is 4.29. The van der Waals surface area contributed by atoms with E-state index in [2.05, 4.69) is 17.2 Å². The molecule has 0 aliphatic carbocycles. The van der Waals surface area contributed by atoms with Crippen molar-refractivity contribution in [1.29, 1.82) is 0 Å². The van der Waals surface area contributed by atoms with Crippen molar-refractivity contribution < 1.29 is 29.1 Å². The minimum Gasteiger partial charge on any atom is -0.508 e. The normalized spacial score (nSPS) is 13.7. The molecule has 0 radical (unpaired) electrons. The molecule has 9 nitrogen and oxygen atoms in total. The smallest absolute Gasteiger partial charge is 0.337 e. The number of benzene rings is 1. The Balaban J connectivity index is 2.77. The first-order valence-electron chi connectivity index (χ1n) is 8.59. The molecule has 30 heavy (non-hydrogen) atoms. The van der Waals surface area contributed by atoms with Crippen LogP contribution in [0.3, 0.4) is 0 Å². The van der Waals surface area contributed by atoms with E-state index in [1.54, 1.807) is 13.8 Å². The standard InChI is InChI=1S/C21H18N2O7/c1-5-9-29-20(25)17-12(3)22-13(4)18(21(26)30-10-6-2)19(17)15-11-14(24)7-8-16(15)23(27)28/h1-2,7-8,11,19,22,24H,9-10H2,3-4H3. The molecule has 0 saturated heterocycles. The molecule has 1 aromatic carbocycles. The van der Waals surface area contributed by atoms with E-state index >= 15 is 0 Å². The Morgan fingerprint density at radius 1 is 1.13 bits per heavy atom. The van der Waals surface area contributed by atoms with Crippen molar-refractivity contribution in [3.8, 4) is 30.4 Å². The second-order valence-electron chi connectivity index (χ2n) is 6.20. The molecule has 1 aromatic rings. The molecule has 0 spiro atoms. The van der Waals surface area contributed by atoms with E-state index in [4.69, 9.17) is 22.3 Å². The predicted octanol–water partition coefficient (Wildman–Crippen LogP) is 1.89. The quantitative estimate of drug-likeness (QED) is 0.315. The maximum absolute atomic E-state index is 12.8. The summed E-state index contributed by atoms with van der Waals surface area (Å²) in [5, 5.41) is 24.5. The molecule has 0 fully saturated rings. The molecule has 0 aromatic heterocycles. The first kappa shape index (κ1) is 22.1. The number of nitrogens with zero attached hydrogens (tertiary/aromatic N) is 1. The number of phenols is 1. The Morgan fingerprint density at radius 3 is 2.07 bits per heavy atom. The van der Waals surface area contributed by atoms with Crippen LogP contribution in [0.25, 0.3) is 0 Å². The number of aromatic hydroxyl groups is 1. The maximum atomic E-state index is 12.8. The summed E-state index contributed by atoms with van der Waals surface area (Å²) in [4.78, 5) is 36.4. The molecule has 2 N–H and O–H groups in total. The number of dihydropyridines is 1. The number of allylic oxidation sites excluding steroid dienone is 2. The minimum absolute atomic E-state index is 0.0859. The second kappa shape index (κ2) is 9.30. The Labute approximate surface area is 172 Å². The van der Waals surface area contributed by atoms with Gasteiger partial charge in [0, 0.05) is 23.0 Å². The number of phenolic OH excluding ortho intramolecular Hbond substituents is 1. The van der Waals surface area contributed by atoms with Crippen molar-refractivity contribution in [3.05, 3.63) is 56.4 Å². The lowest BCUT2D eigenvalue weighted by Gasteiger charge is -2.30. The van der Waals surface area contributed by atoms with Crippen molar-refractivity contribution in [2.24, 2.45) is 0 Å². The highest BCUT2D eigenvalue weighted by Crippen LogP contribution is 2.43. The average molecular weight is 410 g/mol. The van der Waals surface area contributed by atoms with Crippen LogP contribution in [0.5, 0.6) is 5.75 Å². The number of nitro benzene ring substituents is 1. The number of nitrogens with one attached hydrogen (secondary N) is 1. The summed E-state index contributed by atoms with van der Waals surface area (Å²) in [5.74, 6) is 0.991. The van der Waals surface area contributed by atoms with Crippen LogP contribution in [0.2, 0.25) is 0 Å². The predicted molar refractivity (Wildman–Crippen MR) is 106 cm³/mol. The van der Waals surface area contributed by atoms with Gasteiger partial charge in [0.1, 0.15) is 5.75 Å². The summed E-state index contributed by atoms with van der Waals surface area (Å²) < 4.78 is 10.0. The maximum Gasteiger partial charge on any atom is 0.337 e. The summed E-state index contributed by atoms with van der Waals surface area (Å²) in [6.45, 7) is 2.40. The SMILES string of the molecule is C#CCOC(=O)C1=C(C)NC(C)=C(C(=O)OCC#C)C1c1cc(O)ccc1[N+](=O)[O-]. The fourth-order valence-electron chi connectivity index (χ4n) is 3.16. The number of rotatable bonds is 6. The van der Waals surface area contributed by atoms with Crippen molar-refractivity contribution in [1.82, 2.24) is 5.32 Å². The molecule has 0 saturated carbocycles. The van der Waals surface area contributed by atoms with Gasteiger partial charge in [-0.15, -0.1) is 12.8 Å². The summed E-state index contributed by atoms with van der Waals surface area (Å²) in [5.41, 5.74) is -0.0870. The van der Waals surface area contributed by atoms with Gasteiger partial charge in [0.2, 0.25) is 0 Å². The number of carbonyl (C=O) groups is 2. The molecular weight excluding hydrogens is 392 g/mol. The molecule has 9 heteroatoms. The first-order valence-corrected chi connectivity index (χ1v) is 8.59. The first-order chi connectivity index (χ1) is 14.2. The Hall–Kier alpha value is -4.24. The third kappa shape index (κ3) is 4.42. The van der Waals surface area contributed by atoms with Crippen LogP contribution < -0.4 is 5.32 Å². The lowest BCUT2D eigenvalue weighted by Crippen LogP contribution is -2.33. The van der Waals surface area contributed by atoms with Crippen LogP contribution in [0.4, 0.5) is 5.69 Å². The van der Waals surface area contributed by atoms with Crippen LogP contribution in [-0.4, -0.2) is 35.2 Å². The zero-order chi connectivity index (χ0) is 22.4. The summed E-state index contributed by atoms with van der Waals surface area (Å²) >= 11 is 0.